The monoisotopic (exact) mass is 371 g/mol. The highest BCUT2D eigenvalue weighted by atomic mass is 16.4. The van der Waals surface area contributed by atoms with Crippen LogP contribution in [0.3, 0.4) is 0 Å². The van der Waals surface area contributed by atoms with Crippen LogP contribution in [0, 0.1) is 5.92 Å². The highest BCUT2D eigenvalue weighted by Crippen LogP contribution is 2.17. The Hall–Kier alpha value is -3.23. The maximum Gasteiger partial charge on any atom is 0.306 e. The van der Waals surface area contributed by atoms with Crippen molar-refractivity contribution in [3.05, 3.63) is 42.2 Å². The van der Waals surface area contributed by atoms with Gasteiger partial charge in [-0.2, -0.15) is 9.90 Å². The molecule has 9 heteroatoms. The zero-order valence-corrected chi connectivity index (χ0v) is 15.0. The third-order valence-corrected chi connectivity index (χ3v) is 4.61. The van der Waals surface area contributed by atoms with E-state index in [4.69, 9.17) is 5.11 Å². The van der Waals surface area contributed by atoms with Crippen LogP contribution in [0.1, 0.15) is 23.3 Å². The van der Waals surface area contributed by atoms with Gasteiger partial charge in [0, 0.05) is 20.1 Å². The summed E-state index contributed by atoms with van der Waals surface area (Å²) in [5.74, 6) is -1.83. The number of para-hydroxylation sites is 1. The van der Waals surface area contributed by atoms with Crippen LogP contribution >= 0.6 is 0 Å². The Balaban J connectivity index is 1.57. The van der Waals surface area contributed by atoms with Gasteiger partial charge >= 0.3 is 5.97 Å². The smallest absolute Gasteiger partial charge is 0.306 e. The molecule has 2 amide bonds. The first kappa shape index (κ1) is 18.6. The van der Waals surface area contributed by atoms with E-state index in [1.807, 2.05) is 30.3 Å². The standard InChI is InChI=1S/C18H21N5O4/c1-21(12-16(24)22-9-7-13(8-10-22)18(26)27)17(25)15-11-19-23(20-15)14-5-3-2-4-6-14/h2-6,11,13H,7-10,12H2,1H3,(H,26,27). The molecule has 1 saturated heterocycles. The minimum absolute atomic E-state index is 0.0885. The Labute approximate surface area is 156 Å². The number of carbonyl (C=O) groups excluding carboxylic acids is 2. The molecule has 0 spiro atoms. The number of carboxylic acid groups (broad SMARTS) is 1. The number of benzene rings is 1. The van der Waals surface area contributed by atoms with Crippen LogP contribution in [0.25, 0.3) is 5.69 Å². The summed E-state index contributed by atoms with van der Waals surface area (Å²) in [5, 5.41) is 17.3. The van der Waals surface area contributed by atoms with Crippen molar-refractivity contribution in [2.24, 2.45) is 5.92 Å². The molecule has 142 valence electrons. The van der Waals surface area contributed by atoms with E-state index >= 15 is 0 Å². The second-order valence-electron chi connectivity index (χ2n) is 6.51. The predicted octanol–water partition coefficient (Wildman–Crippen LogP) is 0.663. The van der Waals surface area contributed by atoms with Crippen molar-refractivity contribution >= 4 is 17.8 Å². The fourth-order valence-corrected chi connectivity index (χ4v) is 2.99. The third-order valence-electron chi connectivity index (χ3n) is 4.61. The molecular formula is C18H21N5O4. The minimum Gasteiger partial charge on any atom is -0.481 e. The van der Waals surface area contributed by atoms with E-state index in [0.29, 0.717) is 25.9 Å². The van der Waals surface area contributed by atoms with Crippen LogP contribution in [0.2, 0.25) is 0 Å². The van der Waals surface area contributed by atoms with Crippen molar-refractivity contribution in [3.63, 3.8) is 0 Å². The van der Waals surface area contributed by atoms with E-state index in [9.17, 15) is 14.4 Å². The van der Waals surface area contributed by atoms with Crippen LogP contribution in [0.15, 0.2) is 36.5 Å². The van der Waals surface area contributed by atoms with E-state index in [1.54, 1.807) is 4.90 Å². The number of aromatic nitrogens is 3. The van der Waals surface area contributed by atoms with Gasteiger partial charge in [-0.3, -0.25) is 14.4 Å². The number of piperidine rings is 1. The number of likely N-dealkylation sites (N-methyl/N-ethyl adjacent to an activating group) is 1. The quantitative estimate of drug-likeness (QED) is 0.827. The number of rotatable bonds is 5. The first-order chi connectivity index (χ1) is 13.0. The molecule has 9 nitrogen and oxygen atoms in total. The lowest BCUT2D eigenvalue weighted by atomic mass is 9.97. The molecule has 3 rings (SSSR count). The van der Waals surface area contributed by atoms with Gasteiger partial charge in [-0.25, -0.2) is 0 Å². The summed E-state index contributed by atoms with van der Waals surface area (Å²) >= 11 is 0. The number of likely N-dealkylation sites (tertiary alicyclic amines) is 1. The lowest BCUT2D eigenvalue weighted by Gasteiger charge is -2.31. The lowest BCUT2D eigenvalue weighted by molar-refractivity contribution is -0.145. The number of hydrogen-bond acceptors (Lipinski definition) is 5. The molecule has 0 radical (unpaired) electrons. The summed E-state index contributed by atoms with van der Waals surface area (Å²) in [4.78, 5) is 40.1. The molecule has 0 aliphatic carbocycles. The molecule has 1 aromatic carbocycles. The van der Waals surface area contributed by atoms with Crippen molar-refractivity contribution < 1.29 is 19.5 Å². The van der Waals surface area contributed by atoms with Gasteiger partial charge in [0.25, 0.3) is 5.91 Å². The maximum absolute atomic E-state index is 12.5. The van der Waals surface area contributed by atoms with Crippen molar-refractivity contribution in [2.45, 2.75) is 12.8 Å². The van der Waals surface area contributed by atoms with Gasteiger partial charge in [0.2, 0.25) is 5.91 Å². The Morgan fingerprint density at radius 1 is 1.19 bits per heavy atom. The van der Waals surface area contributed by atoms with Gasteiger partial charge < -0.3 is 14.9 Å². The Kier molecular flexibility index (Phi) is 5.49. The van der Waals surface area contributed by atoms with Crippen LogP contribution in [0.4, 0.5) is 0 Å². The highest BCUT2D eigenvalue weighted by molar-refractivity contribution is 5.94. The summed E-state index contributed by atoms with van der Waals surface area (Å²) in [5.41, 5.74) is 0.885. The summed E-state index contributed by atoms with van der Waals surface area (Å²) in [7, 11) is 1.53. The molecular weight excluding hydrogens is 350 g/mol. The number of amides is 2. The van der Waals surface area contributed by atoms with Gasteiger partial charge in [-0.1, -0.05) is 18.2 Å². The SMILES string of the molecule is CN(CC(=O)N1CCC(C(=O)O)CC1)C(=O)c1cnn(-c2ccccc2)n1. The van der Waals surface area contributed by atoms with Gasteiger partial charge in [0.05, 0.1) is 24.3 Å². The van der Waals surface area contributed by atoms with Crippen LogP contribution in [-0.4, -0.2) is 74.4 Å². The normalized spacial score (nSPS) is 14.8. The van der Waals surface area contributed by atoms with Crippen LogP contribution in [-0.2, 0) is 9.59 Å². The lowest BCUT2D eigenvalue weighted by Crippen LogP contribution is -2.45. The molecule has 2 aromatic rings. The number of hydrogen-bond donors (Lipinski definition) is 1. The molecule has 1 fully saturated rings. The molecule has 0 unspecified atom stereocenters. The van der Waals surface area contributed by atoms with Crippen molar-refractivity contribution in [1.29, 1.82) is 0 Å². The Bertz CT molecular complexity index is 827. The predicted molar refractivity (Wildman–Crippen MR) is 95.3 cm³/mol. The van der Waals surface area contributed by atoms with Crippen molar-refractivity contribution in [2.75, 3.05) is 26.7 Å². The molecule has 1 aromatic heterocycles. The summed E-state index contributed by atoms with van der Waals surface area (Å²) in [6.07, 6.45) is 2.24. The molecule has 0 atom stereocenters. The Morgan fingerprint density at radius 3 is 2.48 bits per heavy atom. The van der Waals surface area contributed by atoms with Crippen molar-refractivity contribution in [3.8, 4) is 5.69 Å². The molecule has 2 heterocycles. The zero-order chi connectivity index (χ0) is 19.4. The molecule has 1 N–H and O–H groups in total. The molecule has 27 heavy (non-hydrogen) atoms. The summed E-state index contributed by atoms with van der Waals surface area (Å²) < 4.78 is 0. The zero-order valence-electron chi connectivity index (χ0n) is 15.0. The highest BCUT2D eigenvalue weighted by Gasteiger charge is 2.28. The average molecular weight is 371 g/mol. The van der Waals surface area contributed by atoms with E-state index in [2.05, 4.69) is 10.2 Å². The average Bonchev–Trinajstić information content (AvgIpc) is 3.18. The topological polar surface area (TPSA) is 109 Å². The van der Waals surface area contributed by atoms with E-state index in [-0.39, 0.29) is 18.1 Å². The number of aliphatic carboxylic acids is 1. The maximum atomic E-state index is 12.5. The number of nitrogens with zero attached hydrogens (tertiary/aromatic N) is 5. The van der Waals surface area contributed by atoms with Gasteiger partial charge in [-0.05, 0) is 25.0 Å². The molecule has 1 aliphatic heterocycles. The second kappa shape index (κ2) is 7.98. The summed E-state index contributed by atoms with van der Waals surface area (Å²) in [6, 6.07) is 9.21. The van der Waals surface area contributed by atoms with Crippen LogP contribution < -0.4 is 0 Å². The fourth-order valence-electron chi connectivity index (χ4n) is 2.99. The minimum atomic E-state index is -0.823. The van der Waals surface area contributed by atoms with Crippen molar-refractivity contribution in [1.82, 2.24) is 24.8 Å². The first-order valence-corrected chi connectivity index (χ1v) is 8.69. The van der Waals surface area contributed by atoms with Crippen LogP contribution in [0.5, 0.6) is 0 Å². The summed E-state index contributed by atoms with van der Waals surface area (Å²) in [6.45, 7) is 0.693. The number of carboxylic acids is 1. The van der Waals surface area contributed by atoms with Gasteiger partial charge in [-0.15, -0.1) is 5.10 Å². The third kappa shape index (κ3) is 4.30. The van der Waals surface area contributed by atoms with E-state index in [1.165, 1.54) is 22.9 Å². The first-order valence-electron chi connectivity index (χ1n) is 8.69. The number of carbonyl (C=O) groups is 3. The van der Waals surface area contributed by atoms with E-state index in [0.717, 1.165) is 5.69 Å². The largest absolute Gasteiger partial charge is 0.481 e. The fraction of sp³-hybridized carbons (Fsp3) is 0.389. The molecule has 1 aliphatic rings. The van der Waals surface area contributed by atoms with Gasteiger partial charge in [0.1, 0.15) is 0 Å². The molecule has 0 saturated carbocycles. The van der Waals surface area contributed by atoms with E-state index < -0.39 is 17.8 Å². The van der Waals surface area contributed by atoms with Gasteiger partial charge in [0.15, 0.2) is 5.69 Å². The Morgan fingerprint density at radius 2 is 1.85 bits per heavy atom. The molecule has 0 bridgehead atoms. The second-order valence-corrected chi connectivity index (χ2v) is 6.51.